The molecular weight excluding hydrogens is 312 g/mol. The summed E-state index contributed by atoms with van der Waals surface area (Å²) in [6.07, 6.45) is 1.70. The summed E-state index contributed by atoms with van der Waals surface area (Å²) in [6.45, 7) is 3.68. The van der Waals surface area contributed by atoms with Crippen molar-refractivity contribution in [3.05, 3.63) is 56.2 Å². The molecule has 2 aromatic rings. The zero-order valence-corrected chi connectivity index (χ0v) is 12.0. The van der Waals surface area contributed by atoms with E-state index in [-0.39, 0.29) is 5.69 Å². The highest BCUT2D eigenvalue weighted by atomic mass is 79.9. The van der Waals surface area contributed by atoms with Crippen LogP contribution in [0.3, 0.4) is 0 Å². The van der Waals surface area contributed by atoms with Crippen LogP contribution in [0.15, 0.2) is 34.9 Å². The molecule has 0 aliphatic heterocycles. The highest BCUT2D eigenvalue weighted by Gasteiger charge is 2.11. The molecule has 1 aromatic heterocycles. The van der Waals surface area contributed by atoms with Crippen molar-refractivity contribution in [2.75, 3.05) is 0 Å². The summed E-state index contributed by atoms with van der Waals surface area (Å²) in [7, 11) is 0. The van der Waals surface area contributed by atoms with Gasteiger partial charge in [0.2, 0.25) is 5.88 Å². The van der Waals surface area contributed by atoms with Crippen molar-refractivity contribution in [1.29, 1.82) is 0 Å². The van der Waals surface area contributed by atoms with E-state index in [1.807, 2.05) is 13.0 Å². The molecule has 19 heavy (non-hydrogen) atoms. The van der Waals surface area contributed by atoms with E-state index in [0.717, 1.165) is 10.0 Å². The molecule has 0 spiro atoms. The number of benzene rings is 1. The summed E-state index contributed by atoms with van der Waals surface area (Å²) >= 11 is 3.37. The largest absolute Gasteiger partial charge is 0.438 e. The Labute approximate surface area is 118 Å². The molecule has 0 unspecified atom stereocenters. The molecule has 6 heteroatoms. The van der Waals surface area contributed by atoms with Gasteiger partial charge in [0, 0.05) is 18.3 Å². The number of pyridine rings is 1. The van der Waals surface area contributed by atoms with E-state index in [2.05, 4.69) is 20.9 Å². The third kappa shape index (κ3) is 3.08. The summed E-state index contributed by atoms with van der Waals surface area (Å²) in [5.74, 6) is 0.977. The topological polar surface area (TPSA) is 65.3 Å². The average Bonchev–Trinajstić information content (AvgIpc) is 2.34. The third-order valence-electron chi connectivity index (χ3n) is 2.52. The Morgan fingerprint density at radius 1 is 1.32 bits per heavy atom. The first kappa shape index (κ1) is 13.5. The Bertz CT molecular complexity index is 644. The Morgan fingerprint density at radius 2 is 2.05 bits per heavy atom. The van der Waals surface area contributed by atoms with Crippen LogP contribution in [0.2, 0.25) is 0 Å². The van der Waals surface area contributed by atoms with Crippen LogP contribution in [0, 0.1) is 24.0 Å². The van der Waals surface area contributed by atoms with Crippen molar-refractivity contribution >= 4 is 21.6 Å². The summed E-state index contributed by atoms with van der Waals surface area (Å²) < 4.78 is 6.39. The van der Waals surface area contributed by atoms with Gasteiger partial charge in [0.25, 0.3) is 5.69 Å². The van der Waals surface area contributed by atoms with Gasteiger partial charge in [-0.15, -0.1) is 0 Å². The Balaban J connectivity index is 2.31. The van der Waals surface area contributed by atoms with Crippen LogP contribution in [-0.2, 0) is 0 Å². The number of hydrogen-bond acceptors (Lipinski definition) is 4. The second kappa shape index (κ2) is 5.36. The first-order valence-electron chi connectivity index (χ1n) is 5.52. The fraction of sp³-hybridized carbons (Fsp3) is 0.154. The quantitative estimate of drug-likeness (QED) is 0.628. The fourth-order valence-electron chi connectivity index (χ4n) is 1.56. The molecule has 98 valence electrons. The lowest BCUT2D eigenvalue weighted by Gasteiger charge is -2.09. The van der Waals surface area contributed by atoms with Crippen molar-refractivity contribution < 1.29 is 9.66 Å². The lowest BCUT2D eigenvalue weighted by molar-refractivity contribution is -0.384. The molecule has 0 aliphatic rings. The van der Waals surface area contributed by atoms with Gasteiger partial charge in [-0.3, -0.25) is 10.1 Å². The highest BCUT2D eigenvalue weighted by molar-refractivity contribution is 9.10. The molecule has 0 aliphatic carbocycles. The molecule has 1 heterocycles. The van der Waals surface area contributed by atoms with Gasteiger partial charge in [0.15, 0.2) is 0 Å². The van der Waals surface area contributed by atoms with Crippen LogP contribution in [0.5, 0.6) is 11.6 Å². The zero-order chi connectivity index (χ0) is 14.0. The van der Waals surface area contributed by atoms with Gasteiger partial charge in [0.1, 0.15) is 5.75 Å². The molecule has 5 nitrogen and oxygen atoms in total. The van der Waals surface area contributed by atoms with E-state index in [9.17, 15) is 10.1 Å². The fourth-order valence-corrected chi connectivity index (χ4v) is 2.11. The van der Waals surface area contributed by atoms with Crippen molar-refractivity contribution in [3.63, 3.8) is 0 Å². The van der Waals surface area contributed by atoms with Gasteiger partial charge >= 0.3 is 0 Å². The molecule has 0 atom stereocenters. The monoisotopic (exact) mass is 322 g/mol. The first-order valence-corrected chi connectivity index (χ1v) is 6.31. The number of hydrogen-bond donors (Lipinski definition) is 0. The van der Waals surface area contributed by atoms with Gasteiger partial charge < -0.3 is 4.74 Å². The number of ether oxygens (including phenoxy) is 1. The van der Waals surface area contributed by atoms with Crippen molar-refractivity contribution in [1.82, 2.24) is 4.98 Å². The lowest BCUT2D eigenvalue weighted by atomic mass is 10.2. The van der Waals surface area contributed by atoms with Gasteiger partial charge in [-0.2, -0.15) is 0 Å². The van der Waals surface area contributed by atoms with Gasteiger partial charge in [-0.1, -0.05) is 0 Å². The normalized spacial score (nSPS) is 10.3. The smallest absolute Gasteiger partial charge is 0.269 e. The molecule has 0 radical (unpaired) electrons. The number of non-ortho nitro benzene ring substituents is 1. The summed E-state index contributed by atoms with van der Waals surface area (Å²) in [5.41, 5.74) is 1.74. The second-order valence-corrected chi connectivity index (χ2v) is 4.96. The number of halogens is 1. The van der Waals surface area contributed by atoms with Crippen LogP contribution < -0.4 is 4.74 Å². The van der Waals surface area contributed by atoms with Gasteiger partial charge in [0.05, 0.1) is 9.40 Å². The van der Waals surface area contributed by atoms with Gasteiger partial charge in [-0.05, 0) is 53.0 Å². The predicted molar refractivity (Wildman–Crippen MR) is 74.6 cm³/mol. The van der Waals surface area contributed by atoms with Crippen LogP contribution >= 0.6 is 15.9 Å². The summed E-state index contributed by atoms with van der Waals surface area (Å²) in [4.78, 5) is 14.4. The number of nitrogens with zero attached hydrogens (tertiary/aromatic N) is 2. The van der Waals surface area contributed by atoms with Crippen LogP contribution in [0.1, 0.15) is 11.1 Å². The average molecular weight is 323 g/mol. The minimum atomic E-state index is -0.434. The molecule has 0 saturated carbocycles. The SMILES string of the molecule is Cc1cnc(Oc2ccc([N+](=O)[O-])cc2C)c(Br)c1. The lowest BCUT2D eigenvalue weighted by Crippen LogP contribution is -1.94. The predicted octanol–water partition coefficient (Wildman–Crippen LogP) is 4.16. The maximum absolute atomic E-state index is 10.7. The molecule has 1 aromatic carbocycles. The molecule has 0 bridgehead atoms. The minimum Gasteiger partial charge on any atom is -0.438 e. The van der Waals surface area contributed by atoms with Crippen molar-refractivity contribution in [2.24, 2.45) is 0 Å². The van der Waals surface area contributed by atoms with E-state index >= 15 is 0 Å². The Hall–Kier alpha value is -1.95. The van der Waals surface area contributed by atoms with E-state index < -0.39 is 4.92 Å². The zero-order valence-electron chi connectivity index (χ0n) is 10.4. The number of nitro groups is 1. The third-order valence-corrected chi connectivity index (χ3v) is 3.09. The molecule has 0 fully saturated rings. The number of nitro benzene ring substituents is 1. The molecule has 0 N–H and O–H groups in total. The second-order valence-electron chi connectivity index (χ2n) is 4.11. The molecule has 0 amide bonds. The molecule has 0 saturated heterocycles. The van der Waals surface area contributed by atoms with Crippen molar-refractivity contribution in [3.8, 4) is 11.6 Å². The molecule has 2 rings (SSSR count). The van der Waals surface area contributed by atoms with E-state index in [1.54, 1.807) is 19.2 Å². The number of rotatable bonds is 3. The van der Waals surface area contributed by atoms with Gasteiger partial charge in [-0.25, -0.2) is 4.98 Å². The molecular formula is C13H11BrN2O3. The van der Waals surface area contributed by atoms with Crippen LogP contribution in [0.4, 0.5) is 5.69 Å². The highest BCUT2D eigenvalue weighted by Crippen LogP contribution is 2.31. The number of aryl methyl sites for hydroxylation is 2. The van der Waals surface area contributed by atoms with E-state index in [0.29, 0.717) is 17.2 Å². The Kier molecular flexibility index (Phi) is 3.80. The maximum atomic E-state index is 10.7. The first-order chi connectivity index (χ1) is 8.97. The number of aromatic nitrogens is 1. The maximum Gasteiger partial charge on any atom is 0.269 e. The van der Waals surface area contributed by atoms with E-state index in [4.69, 9.17) is 4.74 Å². The standard InChI is InChI=1S/C13H11BrN2O3/c1-8-5-11(14)13(15-7-8)19-12-4-3-10(16(17)18)6-9(12)2/h3-7H,1-2H3. The minimum absolute atomic E-state index is 0.0424. The Morgan fingerprint density at radius 3 is 2.63 bits per heavy atom. The van der Waals surface area contributed by atoms with Crippen molar-refractivity contribution in [2.45, 2.75) is 13.8 Å². The van der Waals surface area contributed by atoms with Crippen LogP contribution in [0.25, 0.3) is 0 Å². The van der Waals surface area contributed by atoms with E-state index in [1.165, 1.54) is 12.1 Å². The van der Waals surface area contributed by atoms with Crippen LogP contribution in [-0.4, -0.2) is 9.91 Å². The summed E-state index contributed by atoms with van der Waals surface area (Å²) in [6, 6.07) is 6.34. The summed E-state index contributed by atoms with van der Waals surface area (Å²) in [5, 5.41) is 10.7.